The Morgan fingerprint density at radius 1 is 1.18 bits per heavy atom. The molecule has 2 aromatic rings. The second-order valence-electron chi connectivity index (χ2n) is 4.12. The number of anilines is 1. The molecule has 0 aliphatic rings. The maximum Gasteiger partial charge on any atom is 0.312 e. The number of rotatable bonds is 4. The summed E-state index contributed by atoms with van der Waals surface area (Å²) in [4.78, 5) is 10.1. The van der Waals surface area contributed by atoms with Gasteiger partial charge in [0.25, 0.3) is 0 Å². The van der Waals surface area contributed by atoms with Crippen LogP contribution in [-0.2, 0) is 0 Å². The van der Waals surface area contributed by atoms with Gasteiger partial charge in [-0.3, -0.25) is 15.5 Å². The van der Waals surface area contributed by atoms with Gasteiger partial charge in [0.05, 0.1) is 26.9 Å². The molecule has 22 heavy (non-hydrogen) atoms. The van der Waals surface area contributed by atoms with Crippen LogP contribution in [0.25, 0.3) is 0 Å². The first kappa shape index (κ1) is 16.4. The third kappa shape index (κ3) is 3.79. The largest absolute Gasteiger partial charge is 0.502 e. The minimum Gasteiger partial charge on any atom is -0.502 e. The molecule has 0 atom stereocenters. The van der Waals surface area contributed by atoms with Crippen molar-refractivity contribution in [2.45, 2.75) is 0 Å². The van der Waals surface area contributed by atoms with Crippen molar-refractivity contribution in [1.82, 2.24) is 0 Å². The van der Waals surface area contributed by atoms with Crippen LogP contribution in [0, 0.1) is 10.1 Å². The van der Waals surface area contributed by atoms with Crippen molar-refractivity contribution >= 4 is 52.4 Å². The highest BCUT2D eigenvalue weighted by Gasteiger charge is 2.17. The lowest BCUT2D eigenvalue weighted by Gasteiger charge is -2.03. The van der Waals surface area contributed by atoms with Crippen LogP contribution in [0.3, 0.4) is 0 Å². The highest BCUT2D eigenvalue weighted by Crippen LogP contribution is 2.32. The Labute approximate surface area is 140 Å². The molecule has 0 amide bonds. The number of hydrogen-bond acceptors (Lipinski definition) is 5. The van der Waals surface area contributed by atoms with Gasteiger partial charge in [0, 0.05) is 16.7 Å². The summed E-state index contributed by atoms with van der Waals surface area (Å²) < 4.78 is 0. The van der Waals surface area contributed by atoms with Crippen molar-refractivity contribution in [2.24, 2.45) is 5.10 Å². The van der Waals surface area contributed by atoms with Crippen LogP contribution in [0.2, 0.25) is 15.1 Å². The Morgan fingerprint density at radius 3 is 2.55 bits per heavy atom. The van der Waals surface area contributed by atoms with Gasteiger partial charge in [0.15, 0.2) is 0 Å². The Hall–Kier alpha value is -2.02. The first-order chi connectivity index (χ1) is 10.4. The highest BCUT2D eigenvalue weighted by atomic mass is 35.5. The van der Waals surface area contributed by atoms with Crippen LogP contribution >= 0.6 is 34.8 Å². The van der Waals surface area contributed by atoms with Gasteiger partial charge in [0.2, 0.25) is 5.75 Å². The molecule has 2 rings (SSSR count). The van der Waals surface area contributed by atoms with E-state index in [0.717, 1.165) is 6.07 Å². The predicted molar refractivity (Wildman–Crippen MR) is 87.4 cm³/mol. The van der Waals surface area contributed by atoms with Gasteiger partial charge in [-0.05, 0) is 24.3 Å². The lowest BCUT2D eigenvalue weighted by Crippen LogP contribution is -1.95. The molecular formula is C13H8Cl3N3O3. The lowest BCUT2D eigenvalue weighted by molar-refractivity contribution is -0.385. The lowest BCUT2D eigenvalue weighted by atomic mass is 10.2. The van der Waals surface area contributed by atoms with Gasteiger partial charge < -0.3 is 5.11 Å². The SMILES string of the molecule is O=[N+]([O-])c1cc(Cl)cc(/C=N/Nc2ccc(Cl)c(Cl)c2)c1O. The fourth-order valence-electron chi connectivity index (χ4n) is 1.59. The topological polar surface area (TPSA) is 87.8 Å². The summed E-state index contributed by atoms with van der Waals surface area (Å²) in [5.74, 6) is -0.519. The van der Waals surface area contributed by atoms with Gasteiger partial charge in [-0.25, -0.2) is 0 Å². The summed E-state index contributed by atoms with van der Waals surface area (Å²) in [5, 5.41) is 25.3. The van der Waals surface area contributed by atoms with Crippen molar-refractivity contribution in [1.29, 1.82) is 0 Å². The average molecular weight is 361 g/mol. The van der Waals surface area contributed by atoms with Crippen molar-refractivity contribution < 1.29 is 10.0 Å². The van der Waals surface area contributed by atoms with Crippen LogP contribution in [0.1, 0.15) is 5.56 Å². The normalized spacial score (nSPS) is 10.9. The van der Waals surface area contributed by atoms with E-state index < -0.39 is 16.4 Å². The number of nitrogens with zero attached hydrogens (tertiary/aromatic N) is 2. The van der Waals surface area contributed by atoms with Crippen molar-refractivity contribution in [3.63, 3.8) is 0 Å². The summed E-state index contributed by atoms with van der Waals surface area (Å²) in [6.07, 6.45) is 1.21. The monoisotopic (exact) mass is 359 g/mol. The fraction of sp³-hybridized carbons (Fsp3) is 0. The van der Waals surface area contributed by atoms with E-state index in [-0.39, 0.29) is 10.6 Å². The van der Waals surface area contributed by atoms with Crippen molar-refractivity contribution in [2.75, 3.05) is 5.43 Å². The number of hydrogen-bond donors (Lipinski definition) is 2. The molecule has 0 aromatic heterocycles. The molecule has 0 bridgehead atoms. The zero-order valence-corrected chi connectivity index (χ0v) is 13.0. The molecule has 0 aliphatic heterocycles. The number of benzene rings is 2. The molecule has 0 saturated carbocycles. The molecular weight excluding hydrogens is 353 g/mol. The fourth-order valence-corrected chi connectivity index (χ4v) is 2.10. The molecule has 0 fully saturated rings. The number of nitrogens with one attached hydrogen (secondary N) is 1. The molecule has 0 saturated heterocycles. The molecule has 0 aliphatic carbocycles. The van der Waals surface area contributed by atoms with E-state index in [9.17, 15) is 15.2 Å². The predicted octanol–water partition coefficient (Wildman–Crippen LogP) is 4.71. The highest BCUT2D eigenvalue weighted by molar-refractivity contribution is 6.42. The van der Waals surface area contributed by atoms with Gasteiger partial charge in [-0.2, -0.15) is 5.10 Å². The Kier molecular flexibility index (Phi) is 5.07. The van der Waals surface area contributed by atoms with E-state index >= 15 is 0 Å². The molecule has 0 heterocycles. The maximum atomic E-state index is 10.8. The quantitative estimate of drug-likeness (QED) is 0.469. The first-order valence-corrected chi connectivity index (χ1v) is 6.93. The van der Waals surface area contributed by atoms with Crippen LogP contribution in [0.15, 0.2) is 35.4 Å². The number of hydrazone groups is 1. The third-order valence-corrected chi connectivity index (χ3v) is 3.55. The smallest absolute Gasteiger partial charge is 0.312 e. The zero-order valence-electron chi connectivity index (χ0n) is 10.8. The molecule has 2 N–H and O–H groups in total. The molecule has 0 unspecified atom stereocenters. The molecule has 0 spiro atoms. The number of phenols is 1. The van der Waals surface area contributed by atoms with Crippen molar-refractivity contribution in [3.8, 4) is 5.75 Å². The second kappa shape index (κ2) is 6.83. The van der Waals surface area contributed by atoms with E-state index in [1.165, 1.54) is 12.3 Å². The number of nitro benzene ring substituents is 1. The summed E-state index contributed by atoms with van der Waals surface area (Å²) in [6.45, 7) is 0. The van der Waals surface area contributed by atoms with E-state index in [1.54, 1.807) is 18.2 Å². The maximum absolute atomic E-state index is 10.8. The van der Waals surface area contributed by atoms with Gasteiger partial charge in [-0.15, -0.1) is 0 Å². The Bertz CT molecular complexity index is 766. The average Bonchev–Trinajstić information content (AvgIpc) is 2.45. The summed E-state index contributed by atoms with van der Waals surface area (Å²) in [5.41, 5.74) is 2.82. The van der Waals surface area contributed by atoms with E-state index in [0.29, 0.717) is 15.7 Å². The van der Waals surface area contributed by atoms with Gasteiger partial charge in [0.1, 0.15) is 0 Å². The number of halogens is 3. The van der Waals surface area contributed by atoms with Crippen LogP contribution < -0.4 is 5.43 Å². The molecule has 0 radical (unpaired) electrons. The van der Waals surface area contributed by atoms with E-state index in [2.05, 4.69) is 10.5 Å². The first-order valence-electron chi connectivity index (χ1n) is 5.79. The van der Waals surface area contributed by atoms with Crippen LogP contribution in [0.5, 0.6) is 5.75 Å². The standard InChI is InChI=1S/C13H8Cl3N3O3/c14-8-3-7(13(20)12(4-8)19(21)22)6-17-18-9-1-2-10(15)11(16)5-9/h1-6,18,20H/b17-6+. The molecule has 9 heteroatoms. The number of phenolic OH excluding ortho intramolecular Hbond substituents is 1. The van der Waals surface area contributed by atoms with Gasteiger partial charge in [-0.1, -0.05) is 34.8 Å². The molecule has 2 aromatic carbocycles. The van der Waals surface area contributed by atoms with Crippen molar-refractivity contribution in [3.05, 3.63) is 61.1 Å². The minimum atomic E-state index is -0.731. The van der Waals surface area contributed by atoms with E-state index in [4.69, 9.17) is 34.8 Å². The Balaban J connectivity index is 2.23. The third-order valence-electron chi connectivity index (χ3n) is 2.60. The van der Waals surface area contributed by atoms with Gasteiger partial charge >= 0.3 is 5.69 Å². The summed E-state index contributed by atoms with van der Waals surface area (Å²) in [7, 11) is 0. The minimum absolute atomic E-state index is 0.103. The second-order valence-corrected chi connectivity index (χ2v) is 5.37. The number of nitro groups is 1. The zero-order chi connectivity index (χ0) is 16.3. The van der Waals surface area contributed by atoms with Crippen LogP contribution in [-0.4, -0.2) is 16.2 Å². The van der Waals surface area contributed by atoms with Crippen LogP contribution in [0.4, 0.5) is 11.4 Å². The molecule has 114 valence electrons. The van der Waals surface area contributed by atoms with E-state index in [1.807, 2.05) is 0 Å². The summed E-state index contributed by atoms with van der Waals surface area (Å²) >= 11 is 17.4. The number of aromatic hydroxyl groups is 1. The molecule has 6 nitrogen and oxygen atoms in total. The summed E-state index contributed by atoms with van der Waals surface area (Å²) in [6, 6.07) is 7.20. The Morgan fingerprint density at radius 2 is 1.91 bits per heavy atom.